The molecule has 4 heteroatoms. The molecule has 1 aromatic carbocycles. The van der Waals surface area contributed by atoms with Gasteiger partial charge >= 0.3 is 0 Å². The van der Waals surface area contributed by atoms with Crippen LogP contribution in [-0.2, 0) is 4.79 Å². The molecule has 1 aliphatic rings. The zero-order valence-electron chi connectivity index (χ0n) is 9.23. The summed E-state index contributed by atoms with van der Waals surface area (Å²) in [5, 5.41) is 2.63. The van der Waals surface area contributed by atoms with E-state index in [4.69, 9.17) is 5.73 Å². The number of carbonyl (C=O) groups excluding carboxylic acids is 1. The first-order valence-electron chi connectivity index (χ1n) is 5.60. The van der Waals surface area contributed by atoms with Gasteiger partial charge < -0.3 is 16.0 Å². The first-order valence-corrected chi connectivity index (χ1v) is 5.60. The lowest BCUT2D eigenvalue weighted by Crippen LogP contribution is -2.39. The highest BCUT2D eigenvalue weighted by Gasteiger charge is 2.15. The van der Waals surface area contributed by atoms with Gasteiger partial charge in [-0.3, -0.25) is 4.79 Å². The molecule has 2 rings (SSSR count). The SMILES string of the molecule is NC1CCN(c2ccc(NC=O)cc2)CC1. The van der Waals surface area contributed by atoms with Crippen LogP contribution in [0.5, 0.6) is 0 Å². The predicted octanol–water partition coefficient (Wildman–Crippen LogP) is 1.18. The number of hydrogen-bond acceptors (Lipinski definition) is 3. The van der Waals surface area contributed by atoms with Crippen LogP contribution in [0.1, 0.15) is 12.8 Å². The summed E-state index contributed by atoms with van der Waals surface area (Å²) in [6.45, 7) is 2.03. The Balaban J connectivity index is 2.01. The molecule has 4 nitrogen and oxygen atoms in total. The van der Waals surface area contributed by atoms with Crippen molar-refractivity contribution < 1.29 is 4.79 Å². The van der Waals surface area contributed by atoms with E-state index in [1.165, 1.54) is 5.69 Å². The van der Waals surface area contributed by atoms with Gasteiger partial charge in [-0.25, -0.2) is 0 Å². The Labute approximate surface area is 95.4 Å². The zero-order chi connectivity index (χ0) is 11.4. The molecule has 0 aromatic heterocycles. The highest BCUT2D eigenvalue weighted by molar-refractivity contribution is 5.72. The van der Waals surface area contributed by atoms with Crippen LogP contribution >= 0.6 is 0 Å². The summed E-state index contributed by atoms with van der Waals surface area (Å²) < 4.78 is 0. The summed E-state index contributed by atoms with van der Waals surface area (Å²) in [6.07, 6.45) is 2.79. The lowest BCUT2D eigenvalue weighted by Gasteiger charge is -2.32. The fraction of sp³-hybridized carbons (Fsp3) is 0.417. The summed E-state index contributed by atoms with van der Waals surface area (Å²) in [5.74, 6) is 0. The van der Waals surface area contributed by atoms with Gasteiger partial charge in [0.25, 0.3) is 0 Å². The fourth-order valence-corrected chi connectivity index (χ4v) is 1.99. The normalized spacial score (nSPS) is 17.2. The van der Waals surface area contributed by atoms with Gasteiger partial charge in [0.2, 0.25) is 6.41 Å². The van der Waals surface area contributed by atoms with E-state index in [0.29, 0.717) is 12.5 Å². The number of amides is 1. The third kappa shape index (κ3) is 2.52. The number of nitrogens with two attached hydrogens (primary N) is 1. The molecule has 1 heterocycles. The Morgan fingerprint density at radius 1 is 1.25 bits per heavy atom. The summed E-state index contributed by atoms with van der Waals surface area (Å²) >= 11 is 0. The molecule has 0 unspecified atom stereocenters. The topological polar surface area (TPSA) is 58.4 Å². The monoisotopic (exact) mass is 219 g/mol. The first kappa shape index (κ1) is 11.0. The maximum absolute atomic E-state index is 10.3. The number of benzene rings is 1. The van der Waals surface area contributed by atoms with Gasteiger partial charge in [0.15, 0.2) is 0 Å². The molecule has 0 atom stereocenters. The number of nitrogens with one attached hydrogen (secondary N) is 1. The Bertz CT molecular complexity index is 342. The summed E-state index contributed by atoms with van der Waals surface area (Å²) in [7, 11) is 0. The van der Waals surface area contributed by atoms with Gasteiger partial charge in [-0.15, -0.1) is 0 Å². The minimum atomic E-state index is 0.354. The second-order valence-electron chi connectivity index (χ2n) is 4.13. The van der Waals surface area contributed by atoms with Crippen LogP contribution in [0.4, 0.5) is 11.4 Å². The Morgan fingerprint density at radius 3 is 2.44 bits per heavy atom. The number of anilines is 2. The molecule has 3 N–H and O–H groups in total. The van der Waals surface area contributed by atoms with E-state index in [2.05, 4.69) is 10.2 Å². The van der Waals surface area contributed by atoms with Crippen LogP contribution in [0.2, 0.25) is 0 Å². The van der Waals surface area contributed by atoms with Gasteiger partial charge in [0, 0.05) is 30.5 Å². The second-order valence-corrected chi connectivity index (χ2v) is 4.13. The molecule has 16 heavy (non-hydrogen) atoms. The average molecular weight is 219 g/mol. The largest absolute Gasteiger partial charge is 0.371 e. The Morgan fingerprint density at radius 2 is 1.88 bits per heavy atom. The van der Waals surface area contributed by atoms with E-state index in [0.717, 1.165) is 31.6 Å². The summed E-state index contributed by atoms with van der Waals surface area (Å²) in [4.78, 5) is 12.6. The molecular formula is C12H17N3O. The number of nitrogens with zero attached hydrogens (tertiary/aromatic N) is 1. The van der Waals surface area contributed by atoms with Crippen molar-refractivity contribution in [1.29, 1.82) is 0 Å². The first-order chi connectivity index (χ1) is 7.79. The maximum Gasteiger partial charge on any atom is 0.211 e. The van der Waals surface area contributed by atoms with Gasteiger partial charge in [-0.05, 0) is 37.1 Å². The molecule has 1 amide bonds. The van der Waals surface area contributed by atoms with Gasteiger partial charge in [-0.1, -0.05) is 0 Å². The zero-order valence-corrected chi connectivity index (χ0v) is 9.23. The van der Waals surface area contributed by atoms with Crippen molar-refractivity contribution in [1.82, 2.24) is 0 Å². The van der Waals surface area contributed by atoms with E-state index < -0.39 is 0 Å². The molecule has 0 spiro atoms. The molecule has 0 radical (unpaired) electrons. The van der Waals surface area contributed by atoms with Crippen molar-refractivity contribution in [3.05, 3.63) is 24.3 Å². The van der Waals surface area contributed by atoms with Gasteiger partial charge in [0.05, 0.1) is 0 Å². The van der Waals surface area contributed by atoms with E-state index in [1.54, 1.807) is 0 Å². The van der Waals surface area contributed by atoms with Crippen LogP contribution in [0.3, 0.4) is 0 Å². The van der Waals surface area contributed by atoms with E-state index in [9.17, 15) is 4.79 Å². The van der Waals surface area contributed by atoms with E-state index >= 15 is 0 Å². The van der Waals surface area contributed by atoms with Crippen LogP contribution in [-0.4, -0.2) is 25.5 Å². The number of rotatable bonds is 3. The van der Waals surface area contributed by atoms with Crippen LogP contribution < -0.4 is 16.0 Å². The Kier molecular flexibility index (Phi) is 3.41. The molecule has 1 saturated heterocycles. The molecule has 1 aliphatic heterocycles. The van der Waals surface area contributed by atoms with Crippen LogP contribution in [0.15, 0.2) is 24.3 Å². The van der Waals surface area contributed by atoms with Gasteiger partial charge in [0.1, 0.15) is 0 Å². The average Bonchev–Trinajstić information content (AvgIpc) is 2.32. The van der Waals surface area contributed by atoms with Crippen molar-refractivity contribution >= 4 is 17.8 Å². The van der Waals surface area contributed by atoms with E-state index in [-0.39, 0.29) is 0 Å². The van der Waals surface area contributed by atoms with Crippen molar-refractivity contribution in [2.24, 2.45) is 5.73 Å². The van der Waals surface area contributed by atoms with Crippen molar-refractivity contribution in [3.8, 4) is 0 Å². The smallest absolute Gasteiger partial charge is 0.211 e. The van der Waals surface area contributed by atoms with Crippen LogP contribution in [0.25, 0.3) is 0 Å². The number of carbonyl (C=O) groups is 1. The minimum Gasteiger partial charge on any atom is -0.371 e. The summed E-state index contributed by atoms with van der Waals surface area (Å²) in [5.41, 5.74) is 7.89. The highest BCUT2D eigenvalue weighted by Crippen LogP contribution is 2.21. The number of piperidine rings is 1. The van der Waals surface area contributed by atoms with Crippen LogP contribution in [0, 0.1) is 0 Å². The quantitative estimate of drug-likeness (QED) is 0.751. The maximum atomic E-state index is 10.3. The van der Waals surface area contributed by atoms with Crippen molar-refractivity contribution in [2.45, 2.75) is 18.9 Å². The standard InChI is InChI=1S/C12H17N3O/c13-10-5-7-15(8-6-10)12-3-1-11(2-4-12)14-9-16/h1-4,9-10H,5-8,13H2,(H,14,16). The molecule has 86 valence electrons. The third-order valence-electron chi connectivity index (χ3n) is 3.00. The molecule has 0 bridgehead atoms. The van der Waals surface area contributed by atoms with Crippen molar-refractivity contribution in [3.63, 3.8) is 0 Å². The molecule has 0 saturated carbocycles. The minimum absolute atomic E-state index is 0.354. The second kappa shape index (κ2) is 4.99. The lowest BCUT2D eigenvalue weighted by molar-refractivity contribution is -0.105. The fourth-order valence-electron chi connectivity index (χ4n) is 1.99. The van der Waals surface area contributed by atoms with E-state index in [1.807, 2.05) is 24.3 Å². The van der Waals surface area contributed by atoms with Gasteiger partial charge in [-0.2, -0.15) is 0 Å². The third-order valence-corrected chi connectivity index (χ3v) is 3.00. The molecule has 1 aromatic rings. The number of hydrogen-bond donors (Lipinski definition) is 2. The summed E-state index contributed by atoms with van der Waals surface area (Å²) in [6, 6.07) is 8.24. The predicted molar refractivity (Wildman–Crippen MR) is 65.6 cm³/mol. The molecule has 0 aliphatic carbocycles. The Hall–Kier alpha value is -1.55. The highest BCUT2D eigenvalue weighted by atomic mass is 16.1. The molecular weight excluding hydrogens is 202 g/mol. The molecule has 1 fully saturated rings. The van der Waals surface area contributed by atoms with Crippen molar-refractivity contribution in [2.75, 3.05) is 23.3 Å². The lowest BCUT2D eigenvalue weighted by atomic mass is 10.1.